The summed E-state index contributed by atoms with van der Waals surface area (Å²) in [7, 11) is 0. The molecule has 2 N–H and O–H groups in total. The van der Waals surface area contributed by atoms with Gasteiger partial charge in [0, 0.05) is 42.1 Å². The van der Waals surface area contributed by atoms with E-state index in [9.17, 15) is 18.7 Å². The van der Waals surface area contributed by atoms with Gasteiger partial charge in [-0.3, -0.25) is 9.20 Å². The van der Waals surface area contributed by atoms with E-state index in [2.05, 4.69) is 25.3 Å². The first-order valence-corrected chi connectivity index (χ1v) is 13.2. The zero-order chi connectivity index (χ0) is 27.8. The van der Waals surface area contributed by atoms with Crippen LogP contribution >= 0.6 is 11.6 Å². The maximum absolute atomic E-state index is 13.4. The highest BCUT2D eigenvalue weighted by Crippen LogP contribution is 2.56. The van der Waals surface area contributed by atoms with E-state index in [-0.39, 0.29) is 24.2 Å². The van der Waals surface area contributed by atoms with Gasteiger partial charge in [0.15, 0.2) is 11.5 Å². The van der Waals surface area contributed by atoms with Crippen molar-refractivity contribution in [2.24, 2.45) is 5.41 Å². The third-order valence-corrected chi connectivity index (χ3v) is 8.17. The molecule has 40 heavy (non-hydrogen) atoms. The van der Waals surface area contributed by atoms with Crippen LogP contribution in [0, 0.1) is 12.3 Å². The molecular formula is C28H24ClF2N7O2. The number of hydrogen-bond acceptors (Lipinski definition) is 6. The Bertz CT molecular complexity index is 1800. The Kier molecular flexibility index (Phi) is 5.42. The fourth-order valence-electron chi connectivity index (χ4n) is 5.96. The maximum atomic E-state index is 13.4. The highest BCUT2D eigenvalue weighted by atomic mass is 35.5. The van der Waals surface area contributed by atoms with Gasteiger partial charge >= 0.3 is 0 Å². The second-order valence-electron chi connectivity index (χ2n) is 10.9. The molecule has 5 heterocycles. The van der Waals surface area contributed by atoms with Crippen molar-refractivity contribution >= 4 is 40.2 Å². The first-order chi connectivity index (χ1) is 19.1. The van der Waals surface area contributed by atoms with Crippen LogP contribution in [0.2, 0.25) is 5.02 Å². The van der Waals surface area contributed by atoms with Crippen LogP contribution in [0.1, 0.15) is 28.9 Å². The molecule has 0 radical (unpaired) electrons. The number of alkyl halides is 2. The van der Waals surface area contributed by atoms with Crippen molar-refractivity contribution in [2.75, 3.05) is 23.3 Å². The van der Waals surface area contributed by atoms with E-state index < -0.39 is 12.0 Å². The summed E-state index contributed by atoms with van der Waals surface area (Å²) in [6.07, 6.45) is 2.51. The number of nitrogens with one attached hydrogen (secondary N) is 1. The predicted octanol–water partition coefficient (Wildman–Crippen LogP) is 4.85. The third-order valence-electron chi connectivity index (χ3n) is 7.95. The molecule has 1 amide bonds. The van der Waals surface area contributed by atoms with Crippen LogP contribution in [0.4, 0.5) is 20.2 Å². The number of pyridine rings is 2. The van der Waals surface area contributed by atoms with E-state index in [1.807, 2.05) is 43.5 Å². The SMILES string of the molecule is Cc1ccc(-c2nc3ccc(Cl)cn3n2)cc1NC(=O)c1cnc2ccc(N3CC4(C3)CC(O)(C(F)F)C4)cn12. The zero-order valence-corrected chi connectivity index (χ0v) is 22.1. The molecule has 1 aliphatic heterocycles. The molecule has 1 aromatic carbocycles. The minimum atomic E-state index is -2.73. The molecular weight excluding hydrogens is 540 g/mol. The number of hydrogen-bond donors (Lipinski definition) is 2. The minimum Gasteiger partial charge on any atom is -0.384 e. The summed E-state index contributed by atoms with van der Waals surface area (Å²) in [5.41, 5.74) is 2.56. The molecule has 2 fully saturated rings. The average Bonchev–Trinajstić information content (AvgIpc) is 3.50. The number of benzene rings is 1. The highest BCUT2D eigenvalue weighted by molar-refractivity contribution is 6.30. The van der Waals surface area contributed by atoms with Crippen molar-refractivity contribution in [3.8, 4) is 11.4 Å². The van der Waals surface area contributed by atoms with Crippen molar-refractivity contribution in [1.82, 2.24) is 24.0 Å². The number of nitrogens with zero attached hydrogens (tertiary/aromatic N) is 6. The van der Waals surface area contributed by atoms with Crippen molar-refractivity contribution in [1.29, 1.82) is 0 Å². The molecule has 1 aliphatic carbocycles. The van der Waals surface area contributed by atoms with Crippen LogP contribution in [-0.4, -0.2) is 60.1 Å². The molecule has 0 atom stereocenters. The van der Waals surface area contributed by atoms with E-state index >= 15 is 0 Å². The van der Waals surface area contributed by atoms with Gasteiger partial charge in [-0.2, -0.15) is 0 Å². The lowest BCUT2D eigenvalue weighted by molar-refractivity contribution is -0.209. The van der Waals surface area contributed by atoms with Crippen LogP contribution in [-0.2, 0) is 0 Å². The fourth-order valence-corrected chi connectivity index (χ4v) is 6.11. The number of fused-ring (bicyclic) bond motifs is 2. The Hall–Kier alpha value is -4.09. The van der Waals surface area contributed by atoms with Gasteiger partial charge in [0.1, 0.15) is 16.9 Å². The Morgan fingerprint density at radius 1 is 1.10 bits per heavy atom. The van der Waals surface area contributed by atoms with Crippen LogP contribution in [0.3, 0.4) is 0 Å². The van der Waals surface area contributed by atoms with E-state index in [4.69, 9.17) is 11.6 Å². The third kappa shape index (κ3) is 3.99. The number of carbonyl (C=O) groups excluding carboxylic acids is 1. The molecule has 12 heteroatoms. The summed E-state index contributed by atoms with van der Waals surface area (Å²) < 4.78 is 29.5. The van der Waals surface area contributed by atoms with Gasteiger partial charge in [-0.1, -0.05) is 23.7 Å². The molecule has 0 unspecified atom stereocenters. The molecule has 1 saturated heterocycles. The lowest BCUT2D eigenvalue weighted by Gasteiger charge is -2.62. The van der Waals surface area contributed by atoms with Gasteiger partial charge in [0.05, 0.1) is 16.9 Å². The highest BCUT2D eigenvalue weighted by Gasteiger charge is 2.63. The van der Waals surface area contributed by atoms with Crippen LogP contribution < -0.4 is 10.2 Å². The summed E-state index contributed by atoms with van der Waals surface area (Å²) >= 11 is 6.07. The zero-order valence-electron chi connectivity index (χ0n) is 21.4. The normalized spacial score (nSPS) is 17.4. The molecule has 1 saturated carbocycles. The monoisotopic (exact) mass is 563 g/mol. The number of imidazole rings is 1. The summed E-state index contributed by atoms with van der Waals surface area (Å²) in [6.45, 7) is 3.07. The summed E-state index contributed by atoms with van der Waals surface area (Å²) in [5, 5.41) is 18.0. The van der Waals surface area contributed by atoms with Crippen LogP contribution in [0.15, 0.2) is 61.1 Å². The largest absolute Gasteiger partial charge is 0.384 e. The molecule has 1 spiro atoms. The van der Waals surface area contributed by atoms with Gasteiger partial charge in [-0.15, -0.1) is 5.10 Å². The Morgan fingerprint density at radius 3 is 2.65 bits per heavy atom. The fraction of sp³-hybridized carbons (Fsp3) is 0.286. The number of aromatic nitrogens is 5. The summed E-state index contributed by atoms with van der Waals surface area (Å²) in [6, 6.07) is 12.9. The lowest BCUT2D eigenvalue weighted by Crippen LogP contribution is -2.70. The summed E-state index contributed by atoms with van der Waals surface area (Å²) in [4.78, 5) is 24.4. The van der Waals surface area contributed by atoms with Gasteiger partial charge in [-0.05, 0) is 55.7 Å². The predicted molar refractivity (Wildman–Crippen MR) is 146 cm³/mol. The van der Waals surface area contributed by atoms with E-state index in [0.717, 1.165) is 16.8 Å². The molecule has 7 rings (SSSR count). The van der Waals surface area contributed by atoms with Crippen molar-refractivity contribution < 1.29 is 18.7 Å². The van der Waals surface area contributed by atoms with E-state index in [1.165, 1.54) is 6.20 Å². The number of rotatable bonds is 5. The van der Waals surface area contributed by atoms with Gasteiger partial charge in [0.2, 0.25) is 0 Å². The number of amides is 1. The van der Waals surface area contributed by atoms with Gasteiger partial charge in [-0.25, -0.2) is 23.3 Å². The average molecular weight is 564 g/mol. The Balaban J connectivity index is 1.11. The van der Waals surface area contributed by atoms with Crippen molar-refractivity contribution in [2.45, 2.75) is 31.8 Å². The molecule has 9 nitrogen and oxygen atoms in total. The number of halogens is 3. The van der Waals surface area contributed by atoms with Crippen LogP contribution in [0.25, 0.3) is 22.7 Å². The van der Waals surface area contributed by atoms with E-state index in [1.54, 1.807) is 27.2 Å². The molecule has 5 aromatic rings. The van der Waals surface area contributed by atoms with Crippen LogP contribution in [0.5, 0.6) is 0 Å². The number of anilines is 2. The minimum absolute atomic E-state index is 0.103. The topological polar surface area (TPSA) is 100 Å². The van der Waals surface area contributed by atoms with Gasteiger partial charge < -0.3 is 15.3 Å². The quantitative estimate of drug-likeness (QED) is 0.317. The Morgan fingerprint density at radius 2 is 1.88 bits per heavy atom. The molecule has 2 aliphatic rings. The maximum Gasteiger partial charge on any atom is 0.274 e. The molecule has 0 bridgehead atoms. The number of aliphatic hydroxyl groups is 1. The van der Waals surface area contributed by atoms with Crippen molar-refractivity contribution in [3.05, 3.63) is 77.3 Å². The Labute approximate surface area is 232 Å². The van der Waals surface area contributed by atoms with Gasteiger partial charge in [0.25, 0.3) is 12.3 Å². The molecule has 4 aromatic heterocycles. The first kappa shape index (κ1) is 24.9. The second-order valence-corrected chi connectivity index (χ2v) is 11.4. The number of aryl methyl sites for hydroxylation is 1. The second kappa shape index (κ2) is 8.70. The first-order valence-electron chi connectivity index (χ1n) is 12.8. The van der Waals surface area contributed by atoms with Crippen molar-refractivity contribution in [3.63, 3.8) is 0 Å². The number of carbonyl (C=O) groups is 1. The molecule has 204 valence electrons. The lowest BCUT2D eigenvalue weighted by atomic mass is 9.55. The smallest absolute Gasteiger partial charge is 0.274 e. The van der Waals surface area contributed by atoms with E-state index in [0.29, 0.717) is 46.6 Å². The standard InChI is InChI=1S/C28H24ClF2N7O2/c1-16-2-3-17(24-34-23-6-4-18(29)10-38(23)35-24)8-20(16)33-25(39)21-9-32-22-7-5-19(11-37(21)22)36-14-27(15-36)12-28(40,13-27)26(30)31/h2-11,26,40H,12-15H2,1H3,(H,33,39). The summed E-state index contributed by atoms with van der Waals surface area (Å²) in [5.74, 6) is 0.170.